The van der Waals surface area contributed by atoms with Crippen LogP contribution in [0.4, 0.5) is 0 Å². The molecule has 0 aromatic rings. The minimum absolute atomic E-state index is 0.248. The quantitative estimate of drug-likeness (QED) is 0.696. The first-order valence-electron chi connectivity index (χ1n) is 6.15. The predicted molar refractivity (Wildman–Crippen MR) is 62.1 cm³/mol. The molecule has 0 aliphatic heterocycles. The number of ether oxygens (including phenoxy) is 1. The molecule has 1 fully saturated rings. The van der Waals surface area contributed by atoms with Gasteiger partial charge < -0.3 is 15.2 Å². The van der Waals surface area contributed by atoms with Crippen LogP contribution in [0.1, 0.15) is 45.4 Å². The Hall–Kier alpha value is -0.610. The summed E-state index contributed by atoms with van der Waals surface area (Å²) in [6, 6.07) is -0.295. The molecule has 0 amide bonds. The second-order valence-corrected chi connectivity index (χ2v) is 4.65. The fourth-order valence-corrected chi connectivity index (χ4v) is 2.24. The molecule has 1 unspecified atom stereocenters. The predicted octanol–water partition coefficient (Wildman–Crippen LogP) is 1.22. The zero-order valence-electron chi connectivity index (χ0n) is 10.3. The largest absolute Gasteiger partial charge is 0.468 e. The summed E-state index contributed by atoms with van der Waals surface area (Å²) in [7, 11) is 1.39. The maximum atomic E-state index is 11.4. The Labute approximate surface area is 97.4 Å². The summed E-state index contributed by atoms with van der Waals surface area (Å²) < 4.78 is 4.69. The van der Waals surface area contributed by atoms with E-state index in [0.29, 0.717) is 13.0 Å². The van der Waals surface area contributed by atoms with Gasteiger partial charge in [-0.1, -0.05) is 26.2 Å². The Kier molecular flexibility index (Phi) is 5.22. The second-order valence-electron chi connectivity index (χ2n) is 4.65. The molecule has 1 atom stereocenters. The Bertz CT molecular complexity index is 224. The molecule has 0 bridgehead atoms. The minimum Gasteiger partial charge on any atom is -0.468 e. The highest BCUT2D eigenvalue weighted by atomic mass is 16.5. The van der Waals surface area contributed by atoms with Crippen LogP contribution in [0.5, 0.6) is 0 Å². The smallest absolute Gasteiger partial charge is 0.322 e. The van der Waals surface area contributed by atoms with Crippen LogP contribution in [0.15, 0.2) is 0 Å². The van der Waals surface area contributed by atoms with Gasteiger partial charge in [0.05, 0.1) is 12.7 Å². The van der Waals surface area contributed by atoms with E-state index in [0.717, 1.165) is 25.7 Å². The first-order valence-corrected chi connectivity index (χ1v) is 6.15. The lowest BCUT2D eigenvalue weighted by Crippen LogP contribution is -2.48. The van der Waals surface area contributed by atoms with Crippen molar-refractivity contribution in [2.75, 3.05) is 13.7 Å². The minimum atomic E-state index is -0.625. The lowest BCUT2D eigenvalue weighted by atomic mass is 9.84. The van der Waals surface area contributed by atoms with Gasteiger partial charge in [-0.15, -0.1) is 0 Å². The molecule has 0 spiro atoms. The third kappa shape index (κ3) is 3.76. The molecular formula is C12H23NO3. The van der Waals surface area contributed by atoms with E-state index in [4.69, 9.17) is 4.74 Å². The Balaban J connectivity index is 2.38. The van der Waals surface area contributed by atoms with E-state index in [9.17, 15) is 9.90 Å². The first kappa shape index (κ1) is 13.5. The number of aliphatic hydroxyl groups is 1. The molecule has 0 saturated heterocycles. The van der Waals surface area contributed by atoms with E-state index in [-0.39, 0.29) is 12.0 Å². The van der Waals surface area contributed by atoms with E-state index in [2.05, 4.69) is 5.32 Å². The summed E-state index contributed by atoms with van der Waals surface area (Å²) in [5.74, 6) is -0.248. The molecule has 1 saturated carbocycles. The molecule has 0 heterocycles. The number of methoxy groups -OCH3 is 1. The Morgan fingerprint density at radius 2 is 2.06 bits per heavy atom. The van der Waals surface area contributed by atoms with Gasteiger partial charge in [-0.3, -0.25) is 4.79 Å². The van der Waals surface area contributed by atoms with Crippen LogP contribution in [0, 0.1) is 0 Å². The van der Waals surface area contributed by atoms with Crippen molar-refractivity contribution in [3.8, 4) is 0 Å². The van der Waals surface area contributed by atoms with Crippen molar-refractivity contribution < 1.29 is 14.6 Å². The summed E-state index contributed by atoms with van der Waals surface area (Å²) in [6.45, 7) is 2.42. The van der Waals surface area contributed by atoms with Crippen molar-refractivity contribution in [1.82, 2.24) is 5.32 Å². The molecule has 94 valence electrons. The van der Waals surface area contributed by atoms with E-state index in [1.807, 2.05) is 6.92 Å². The summed E-state index contributed by atoms with van der Waals surface area (Å²) in [5.41, 5.74) is -0.625. The average molecular weight is 229 g/mol. The maximum absolute atomic E-state index is 11.4. The Morgan fingerprint density at radius 1 is 1.44 bits per heavy atom. The van der Waals surface area contributed by atoms with E-state index in [1.165, 1.54) is 13.5 Å². The molecular weight excluding hydrogens is 206 g/mol. The van der Waals surface area contributed by atoms with Crippen LogP contribution in [0.2, 0.25) is 0 Å². The SMILES string of the molecule is CCC(NCC1(O)CCCCC1)C(=O)OC. The number of esters is 1. The molecule has 1 rings (SSSR count). The highest BCUT2D eigenvalue weighted by molar-refractivity contribution is 5.75. The molecule has 0 aromatic carbocycles. The van der Waals surface area contributed by atoms with E-state index < -0.39 is 5.60 Å². The van der Waals surface area contributed by atoms with Crippen molar-refractivity contribution in [2.45, 2.75) is 57.1 Å². The van der Waals surface area contributed by atoms with Gasteiger partial charge in [0.25, 0.3) is 0 Å². The zero-order chi connectivity index (χ0) is 12.0. The fraction of sp³-hybridized carbons (Fsp3) is 0.917. The van der Waals surface area contributed by atoms with Gasteiger partial charge >= 0.3 is 5.97 Å². The summed E-state index contributed by atoms with van der Waals surface area (Å²) in [5, 5.41) is 13.4. The summed E-state index contributed by atoms with van der Waals surface area (Å²) in [6.07, 6.45) is 5.70. The number of rotatable bonds is 5. The van der Waals surface area contributed by atoms with Crippen LogP contribution < -0.4 is 5.32 Å². The number of hydrogen-bond acceptors (Lipinski definition) is 4. The van der Waals surface area contributed by atoms with E-state index in [1.54, 1.807) is 0 Å². The van der Waals surface area contributed by atoms with Gasteiger partial charge in [-0.05, 0) is 19.3 Å². The van der Waals surface area contributed by atoms with Crippen LogP contribution in [0.3, 0.4) is 0 Å². The van der Waals surface area contributed by atoms with Crippen molar-refractivity contribution in [3.63, 3.8) is 0 Å². The molecule has 4 heteroatoms. The number of carbonyl (C=O) groups excluding carboxylic acids is 1. The van der Waals surface area contributed by atoms with Gasteiger partial charge in [-0.25, -0.2) is 0 Å². The zero-order valence-corrected chi connectivity index (χ0v) is 10.3. The number of nitrogens with one attached hydrogen (secondary N) is 1. The van der Waals surface area contributed by atoms with Crippen molar-refractivity contribution in [3.05, 3.63) is 0 Å². The van der Waals surface area contributed by atoms with Crippen LogP contribution in [-0.4, -0.2) is 36.4 Å². The summed E-state index contributed by atoms with van der Waals surface area (Å²) in [4.78, 5) is 11.4. The van der Waals surface area contributed by atoms with Crippen LogP contribution in [-0.2, 0) is 9.53 Å². The number of carbonyl (C=O) groups is 1. The van der Waals surface area contributed by atoms with Gasteiger partial charge in [0.15, 0.2) is 0 Å². The molecule has 4 nitrogen and oxygen atoms in total. The third-order valence-corrected chi connectivity index (χ3v) is 3.36. The highest BCUT2D eigenvalue weighted by Crippen LogP contribution is 2.27. The Morgan fingerprint density at radius 3 is 2.56 bits per heavy atom. The van der Waals surface area contributed by atoms with Gasteiger partial charge in [0.2, 0.25) is 0 Å². The van der Waals surface area contributed by atoms with Crippen LogP contribution >= 0.6 is 0 Å². The fourth-order valence-electron chi connectivity index (χ4n) is 2.24. The first-order chi connectivity index (χ1) is 7.61. The normalized spacial score (nSPS) is 21.4. The van der Waals surface area contributed by atoms with Gasteiger partial charge in [0.1, 0.15) is 6.04 Å². The van der Waals surface area contributed by atoms with Crippen LogP contribution in [0.25, 0.3) is 0 Å². The monoisotopic (exact) mass is 229 g/mol. The molecule has 1 aliphatic carbocycles. The maximum Gasteiger partial charge on any atom is 0.322 e. The molecule has 16 heavy (non-hydrogen) atoms. The van der Waals surface area contributed by atoms with Gasteiger partial charge in [0, 0.05) is 6.54 Å². The molecule has 0 aromatic heterocycles. The summed E-state index contributed by atoms with van der Waals surface area (Å²) >= 11 is 0. The highest BCUT2D eigenvalue weighted by Gasteiger charge is 2.30. The van der Waals surface area contributed by atoms with E-state index >= 15 is 0 Å². The number of hydrogen-bond donors (Lipinski definition) is 2. The van der Waals surface area contributed by atoms with Crippen molar-refractivity contribution in [1.29, 1.82) is 0 Å². The van der Waals surface area contributed by atoms with Crippen molar-refractivity contribution >= 4 is 5.97 Å². The lowest BCUT2D eigenvalue weighted by molar-refractivity contribution is -0.143. The molecule has 2 N–H and O–H groups in total. The molecule has 0 radical (unpaired) electrons. The molecule has 1 aliphatic rings. The third-order valence-electron chi connectivity index (χ3n) is 3.36. The second kappa shape index (κ2) is 6.21. The average Bonchev–Trinajstić information content (AvgIpc) is 2.30. The lowest BCUT2D eigenvalue weighted by Gasteiger charge is -2.33. The van der Waals surface area contributed by atoms with Gasteiger partial charge in [-0.2, -0.15) is 0 Å². The standard InChI is InChI=1S/C12H23NO3/c1-3-10(11(14)16-2)13-9-12(15)7-5-4-6-8-12/h10,13,15H,3-9H2,1-2H3. The topological polar surface area (TPSA) is 58.6 Å². The van der Waals surface area contributed by atoms with Crippen molar-refractivity contribution in [2.24, 2.45) is 0 Å².